The molecule has 0 spiro atoms. The van der Waals surface area contributed by atoms with Gasteiger partial charge in [-0.25, -0.2) is 0 Å². The Bertz CT molecular complexity index is 60.8. The normalized spacial score (nSPS) is 16.7. The molecule has 0 radical (unpaired) electrons. The van der Waals surface area contributed by atoms with Crippen molar-refractivity contribution in [3.8, 4) is 0 Å². The maximum atomic E-state index is 8.46. The van der Waals surface area contributed by atoms with Crippen molar-refractivity contribution in [2.45, 2.75) is 15.8 Å². The monoisotopic (exact) mass is 286 g/mol. The third kappa shape index (κ3) is 6.40. The van der Waals surface area contributed by atoms with Crippen molar-refractivity contribution < 1.29 is 31.3 Å². The summed E-state index contributed by atoms with van der Waals surface area (Å²) in [6.45, 7) is 0. The Morgan fingerprint density at radius 1 is 1.00 bits per heavy atom. The SMILES string of the molecule is OC(Cl)C(Cl)C(Cl)Cl.[Zr]. The van der Waals surface area contributed by atoms with Gasteiger partial charge in [-0.1, -0.05) is 11.6 Å². The van der Waals surface area contributed by atoms with Crippen LogP contribution in [-0.4, -0.2) is 20.9 Å². The van der Waals surface area contributed by atoms with E-state index >= 15 is 0 Å². The topological polar surface area (TPSA) is 20.2 Å². The minimum absolute atomic E-state index is 0. The van der Waals surface area contributed by atoms with E-state index in [4.69, 9.17) is 51.5 Å². The van der Waals surface area contributed by atoms with E-state index < -0.39 is 15.8 Å². The molecule has 0 heterocycles. The molecule has 0 aliphatic rings. The van der Waals surface area contributed by atoms with E-state index in [2.05, 4.69) is 0 Å². The van der Waals surface area contributed by atoms with Crippen molar-refractivity contribution in [3.05, 3.63) is 0 Å². The summed E-state index contributed by atoms with van der Waals surface area (Å²) in [5, 5.41) is 7.65. The molecule has 2 unspecified atom stereocenters. The molecular weight excluding hydrogens is 285 g/mol. The second kappa shape index (κ2) is 6.70. The summed E-state index contributed by atoms with van der Waals surface area (Å²) in [6.07, 6.45) is 0. The summed E-state index contributed by atoms with van der Waals surface area (Å²) < 4.78 is 0. The fourth-order valence-electron chi connectivity index (χ4n) is 0.120. The van der Waals surface area contributed by atoms with Crippen molar-refractivity contribution in [1.82, 2.24) is 0 Å². The van der Waals surface area contributed by atoms with Crippen molar-refractivity contribution in [2.24, 2.45) is 0 Å². The maximum Gasteiger partial charge on any atom is 0.146 e. The Kier molecular flexibility index (Phi) is 10.1. The summed E-state index contributed by atoms with van der Waals surface area (Å²) in [4.78, 5) is -0.829. The van der Waals surface area contributed by atoms with Gasteiger partial charge in [0.1, 0.15) is 15.8 Å². The second-order valence-corrected chi connectivity index (χ2v) is 3.27. The molecule has 6 heteroatoms. The smallest absolute Gasteiger partial charge is 0.146 e. The molecule has 0 saturated heterocycles. The minimum Gasteiger partial charge on any atom is -0.376 e. The van der Waals surface area contributed by atoms with Gasteiger partial charge in [-0.05, 0) is 0 Å². The molecule has 0 aliphatic heterocycles. The molecule has 0 aromatic rings. The quantitative estimate of drug-likeness (QED) is 0.770. The first-order valence-electron chi connectivity index (χ1n) is 1.80. The number of rotatable bonds is 2. The molecule has 54 valence electrons. The Morgan fingerprint density at radius 3 is 1.33 bits per heavy atom. The van der Waals surface area contributed by atoms with Crippen LogP contribution >= 0.6 is 46.4 Å². The van der Waals surface area contributed by atoms with Crippen molar-refractivity contribution in [1.29, 1.82) is 0 Å². The Balaban J connectivity index is 0. The summed E-state index contributed by atoms with van der Waals surface area (Å²) in [6, 6.07) is 0. The van der Waals surface area contributed by atoms with Crippen molar-refractivity contribution in [3.63, 3.8) is 0 Å². The van der Waals surface area contributed by atoms with Gasteiger partial charge < -0.3 is 5.11 Å². The fourth-order valence-corrected chi connectivity index (χ4v) is 0.690. The molecule has 0 aliphatic carbocycles. The van der Waals surface area contributed by atoms with Crippen LogP contribution in [0, 0.1) is 0 Å². The van der Waals surface area contributed by atoms with E-state index in [-0.39, 0.29) is 26.2 Å². The van der Waals surface area contributed by atoms with Gasteiger partial charge >= 0.3 is 0 Å². The third-order valence-corrected chi connectivity index (χ3v) is 2.20. The average Bonchev–Trinajstić information content (AvgIpc) is 1.64. The molecule has 0 bridgehead atoms. The molecule has 1 nitrogen and oxygen atoms in total. The van der Waals surface area contributed by atoms with Crippen LogP contribution in [-0.2, 0) is 26.2 Å². The number of aliphatic hydroxyl groups is 1. The predicted molar refractivity (Wildman–Crippen MR) is 37.0 cm³/mol. The zero-order valence-electron chi connectivity index (χ0n) is 4.19. The molecule has 2 atom stereocenters. The number of aliphatic hydroxyl groups excluding tert-OH is 1. The Morgan fingerprint density at radius 2 is 1.33 bits per heavy atom. The van der Waals surface area contributed by atoms with E-state index in [1.807, 2.05) is 0 Å². The van der Waals surface area contributed by atoms with E-state index in [1.165, 1.54) is 0 Å². The summed E-state index contributed by atoms with van der Waals surface area (Å²) in [5.74, 6) is 0. The molecule has 0 fully saturated rings. The minimum atomic E-state index is -1.18. The van der Waals surface area contributed by atoms with E-state index in [0.29, 0.717) is 0 Å². The molecule has 1 N–H and O–H groups in total. The van der Waals surface area contributed by atoms with Crippen LogP contribution in [0.25, 0.3) is 0 Å². The van der Waals surface area contributed by atoms with Crippen LogP contribution in [0.15, 0.2) is 0 Å². The van der Waals surface area contributed by atoms with Gasteiger partial charge in [0.05, 0.1) is 0 Å². The van der Waals surface area contributed by atoms with E-state index in [9.17, 15) is 0 Å². The molecule has 0 rings (SSSR count). The van der Waals surface area contributed by atoms with Gasteiger partial charge in [-0.2, -0.15) is 0 Å². The van der Waals surface area contributed by atoms with Gasteiger partial charge in [-0.3, -0.25) is 0 Å². The van der Waals surface area contributed by atoms with Crippen molar-refractivity contribution in [2.75, 3.05) is 0 Å². The largest absolute Gasteiger partial charge is 0.376 e. The van der Waals surface area contributed by atoms with Gasteiger partial charge in [0.2, 0.25) is 0 Å². The number of hydrogen-bond donors (Lipinski definition) is 1. The van der Waals surface area contributed by atoms with Crippen LogP contribution in [0.2, 0.25) is 0 Å². The molecule has 9 heavy (non-hydrogen) atoms. The van der Waals surface area contributed by atoms with Gasteiger partial charge in [0.15, 0.2) is 0 Å². The van der Waals surface area contributed by atoms with E-state index in [1.54, 1.807) is 0 Å². The Labute approximate surface area is 92.7 Å². The second-order valence-electron chi connectivity index (χ2n) is 1.15. The molecular formula is C3H4Cl4OZr. The van der Waals surface area contributed by atoms with Crippen LogP contribution in [0.5, 0.6) is 0 Å². The summed E-state index contributed by atoms with van der Waals surface area (Å²) in [5.41, 5.74) is -1.18. The van der Waals surface area contributed by atoms with Gasteiger partial charge in [-0.15, -0.1) is 34.8 Å². The standard InChI is InChI=1S/C3H4Cl4O.Zr/c4-1(2(5)6)3(7)8;/h1-3,8H;. The molecule has 0 aromatic carbocycles. The summed E-state index contributed by atoms with van der Waals surface area (Å²) >= 11 is 20.8. The van der Waals surface area contributed by atoms with Crippen LogP contribution in [0.3, 0.4) is 0 Å². The molecule has 0 aromatic heterocycles. The molecule has 0 amide bonds. The van der Waals surface area contributed by atoms with E-state index in [0.717, 1.165) is 0 Å². The number of halogens is 4. The van der Waals surface area contributed by atoms with Crippen LogP contribution in [0.4, 0.5) is 0 Å². The average molecular weight is 289 g/mol. The van der Waals surface area contributed by atoms with Gasteiger partial charge in [0.25, 0.3) is 0 Å². The fraction of sp³-hybridized carbons (Fsp3) is 1.00. The Hall–Kier alpha value is 2.00. The zero-order chi connectivity index (χ0) is 6.73. The summed E-state index contributed by atoms with van der Waals surface area (Å²) in [7, 11) is 0. The van der Waals surface area contributed by atoms with Gasteiger partial charge in [0, 0.05) is 26.2 Å². The van der Waals surface area contributed by atoms with Crippen LogP contribution < -0.4 is 0 Å². The van der Waals surface area contributed by atoms with Crippen LogP contribution in [0.1, 0.15) is 0 Å². The molecule has 0 saturated carbocycles. The number of alkyl halides is 4. The van der Waals surface area contributed by atoms with Crippen molar-refractivity contribution >= 4 is 46.4 Å². The first-order chi connectivity index (χ1) is 3.55. The number of hydrogen-bond acceptors (Lipinski definition) is 1. The third-order valence-electron chi connectivity index (χ3n) is 0.503. The predicted octanol–water partition coefficient (Wildman–Crippen LogP) is 1.95. The maximum absolute atomic E-state index is 8.46. The first kappa shape index (κ1) is 13.6. The first-order valence-corrected chi connectivity index (χ1v) is 3.54. The zero-order valence-corrected chi connectivity index (χ0v) is 9.67.